The monoisotopic (exact) mass is 350 g/mol. The van der Waals surface area contributed by atoms with Crippen LogP contribution in [0.4, 0.5) is 0 Å². The first-order valence-corrected chi connectivity index (χ1v) is 8.74. The van der Waals surface area contributed by atoms with Crippen molar-refractivity contribution in [3.8, 4) is 0 Å². The van der Waals surface area contributed by atoms with Crippen LogP contribution in [-0.4, -0.2) is 37.0 Å². The number of esters is 1. The summed E-state index contributed by atoms with van der Waals surface area (Å²) < 4.78 is 9.89. The summed E-state index contributed by atoms with van der Waals surface area (Å²) >= 11 is 0. The molecule has 7 nitrogen and oxygen atoms in total. The molecule has 2 N–H and O–H groups in total. The van der Waals surface area contributed by atoms with E-state index in [1.165, 1.54) is 18.8 Å². The average molecular weight is 350 g/mol. The number of carbonyl (C=O) groups excluding carboxylic acids is 3. The van der Waals surface area contributed by atoms with Gasteiger partial charge in [-0.3, -0.25) is 14.4 Å². The molecule has 1 aliphatic rings. The molecule has 2 rings (SSSR count). The molecule has 0 bridgehead atoms. The van der Waals surface area contributed by atoms with Crippen molar-refractivity contribution in [1.29, 1.82) is 0 Å². The van der Waals surface area contributed by atoms with Gasteiger partial charge in [-0.15, -0.1) is 0 Å². The largest absolute Gasteiger partial charge is 0.459 e. The van der Waals surface area contributed by atoms with E-state index < -0.39 is 11.9 Å². The fourth-order valence-electron chi connectivity index (χ4n) is 3.03. The molecule has 0 unspecified atom stereocenters. The molecule has 1 aromatic heterocycles. The lowest BCUT2D eigenvalue weighted by Gasteiger charge is -2.34. The number of rotatable bonds is 7. The molecule has 7 heteroatoms. The first-order valence-electron chi connectivity index (χ1n) is 8.74. The molecule has 25 heavy (non-hydrogen) atoms. The topological polar surface area (TPSA) is 97.6 Å². The molecule has 1 aromatic rings. The van der Waals surface area contributed by atoms with E-state index >= 15 is 0 Å². The van der Waals surface area contributed by atoms with Crippen molar-refractivity contribution in [2.24, 2.45) is 11.8 Å². The summed E-state index contributed by atoms with van der Waals surface area (Å²) in [5, 5.41) is 5.49. The van der Waals surface area contributed by atoms with E-state index in [4.69, 9.17) is 9.15 Å². The summed E-state index contributed by atoms with van der Waals surface area (Å²) in [4.78, 5) is 35.2. The van der Waals surface area contributed by atoms with Gasteiger partial charge < -0.3 is 19.8 Å². The molecular weight excluding hydrogens is 324 g/mol. The van der Waals surface area contributed by atoms with Crippen molar-refractivity contribution < 1.29 is 23.5 Å². The lowest BCUT2D eigenvalue weighted by atomic mass is 9.78. The summed E-state index contributed by atoms with van der Waals surface area (Å²) in [6.07, 6.45) is 4.65. The third kappa shape index (κ3) is 5.92. The molecule has 0 radical (unpaired) electrons. The van der Waals surface area contributed by atoms with E-state index in [1.54, 1.807) is 6.07 Å². The Morgan fingerprint density at radius 2 is 2.08 bits per heavy atom. The summed E-state index contributed by atoms with van der Waals surface area (Å²) in [5.41, 5.74) is 0. The highest BCUT2D eigenvalue weighted by atomic mass is 16.5. The van der Waals surface area contributed by atoms with Crippen LogP contribution in [0.3, 0.4) is 0 Å². The summed E-state index contributed by atoms with van der Waals surface area (Å²) in [5.74, 6) is -0.0111. The van der Waals surface area contributed by atoms with Crippen molar-refractivity contribution in [1.82, 2.24) is 10.6 Å². The van der Waals surface area contributed by atoms with Crippen LogP contribution >= 0.6 is 0 Å². The Labute approximate surface area is 147 Å². The Morgan fingerprint density at radius 3 is 2.80 bits per heavy atom. The first-order chi connectivity index (χ1) is 12.0. The van der Waals surface area contributed by atoms with Crippen LogP contribution < -0.4 is 10.6 Å². The summed E-state index contributed by atoms with van der Waals surface area (Å²) in [6.45, 7) is 4.17. The van der Waals surface area contributed by atoms with E-state index in [-0.39, 0.29) is 37.3 Å². The van der Waals surface area contributed by atoms with Gasteiger partial charge in [0.2, 0.25) is 0 Å². The van der Waals surface area contributed by atoms with Gasteiger partial charge in [0.15, 0.2) is 12.4 Å². The maximum absolute atomic E-state index is 11.9. The molecule has 1 fully saturated rings. The van der Waals surface area contributed by atoms with Gasteiger partial charge in [0.1, 0.15) is 0 Å². The highest BCUT2D eigenvalue weighted by Crippen LogP contribution is 2.29. The molecule has 3 atom stereocenters. The molecule has 1 saturated carbocycles. The Hall–Kier alpha value is -2.31. The van der Waals surface area contributed by atoms with Gasteiger partial charge in [-0.25, -0.2) is 0 Å². The van der Waals surface area contributed by atoms with E-state index in [9.17, 15) is 14.4 Å². The smallest absolute Gasteiger partial charge is 0.308 e. The maximum atomic E-state index is 11.9. The van der Waals surface area contributed by atoms with Gasteiger partial charge in [0, 0.05) is 12.6 Å². The SMILES string of the molecule is C[C@H]1[C@@H](NC(=O)COC(=O)CCNC(=O)c2ccco2)CCC[C@@H]1C. The van der Waals surface area contributed by atoms with E-state index in [2.05, 4.69) is 24.5 Å². The summed E-state index contributed by atoms with van der Waals surface area (Å²) in [6, 6.07) is 3.28. The minimum absolute atomic E-state index is 0.00338. The van der Waals surface area contributed by atoms with Crippen molar-refractivity contribution >= 4 is 17.8 Å². The quantitative estimate of drug-likeness (QED) is 0.732. The highest BCUT2D eigenvalue weighted by molar-refractivity contribution is 5.91. The summed E-state index contributed by atoms with van der Waals surface area (Å²) in [7, 11) is 0. The zero-order valence-corrected chi connectivity index (χ0v) is 14.7. The van der Waals surface area contributed by atoms with Crippen molar-refractivity contribution in [3.05, 3.63) is 24.2 Å². The van der Waals surface area contributed by atoms with Crippen LogP contribution in [0.5, 0.6) is 0 Å². The van der Waals surface area contributed by atoms with Crippen LogP contribution in [-0.2, 0) is 14.3 Å². The van der Waals surface area contributed by atoms with Crippen LogP contribution in [0.15, 0.2) is 22.8 Å². The molecular formula is C18H26N2O5. The number of amides is 2. The van der Waals surface area contributed by atoms with Crippen LogP contribution in [0.25, 0.3) is 0 Å². The molecule has 1 heterocycles. The van der Waals surface area contributed by atoms with Gasteiger partial charge >= 0.3 is 5.97 Å². The zero-order chi connectivity index (χ0) is 18.2. The van der Waals surface area contributed by atoms with E-state index in [0.717, 1.165) is 12.8 Å². The Balaban J connectivity index is 1.61. The molecule has 1 aliphatic carbocycles. The van der Waals surface area contributed by atoms with E-state index in [1.807, 2.05) is 0 Å². The number of hydrogen-bond donors (Lipinski definition) is 2. The van der Waals surface area contributed by atoms with Crippen molar-refractivity contribution in [3.63, 3.8) is 0 Å². The van der Waals surface area contributed by atoms with Gasteiger partial charge in [-0.05, 0) is 30.4 Å². The molecule has 0 spiro atoms. The Morgan fingerprint density at radius 1 is 1.28 bits per heavy atom. The average Bonchev–Trinajstić information content (AvgIpc) is 3.12. The van der Waals surface area contributed by atoms with Gasteiger partial charge in [-0.1, -0.05) is 26.7 Å². The van der Waals surface area contributed by atoms with Crippen LogP contribution in [0.1, 0.15) is 50.1 Å². The number of ether oxygens (including phenoxy) is 1. The Kier molecular flexibility index (Phi) is 7.03. The van der Waals surface area contributed by atoms with Gasteiger partial charge in [0.25, 0.3) is 11.8 Å². The molecule has 138 valence electrons. The van der Waals surface area contributed by atoms with E-state index in [0.29, 0.717) is 11.8 Å². The third-order valence-corrected chi connectivity index (χ3v) is 4.78. The Bertz CT molecular complexity index is 584. The minimum Gasteiger partial charge on any atom is -0.459 e. The fourth-order valence-corrected chi connectivity index (χ4v) is 3.03. The van der Waals surface area contributed by atoms with Gasteiger partial charge in [-0.2, -0.15) is 0 Å². The molecule has 0 aliphatic heterocycles. The standard InChI is InChI=1S/C18H26N2O5/c1-12-5-3-6-14(13(12)2)20-16(21)11-25-17(22)8-9-19-18(23)15-7-4-10-24-15/h4,7,10,12-14H,3,5-6,8-9,11H2,1-2H3,(H,19,23)(H,20,21)/t12-,13+,14-/m0/s1. The molecule has 0 saturated heterocycles. The van der Waals surface area contributed by atoms with Gasteiger partial charge in [0.05, 0.1) is 12.7 Å². The second kappa shape index (κ2) is 9.25. The number of nitrogens with one attached hydrogen (secondary N) is 2. The minimum atomic E-state index is -0.528. The predicted molar refractivity (Wildman–Crippen MR) is 90.7 cm³/mol. The normalized spacial score (nSPS) is 22.9. The number of hydrogen-bond acceptors (Lipinski definition) is 5. The first kappa shape index (κ1) is 19.0. The number of carbonyl (C=O) groups is 3. The van der Waals surface area contributed by atoms with Crippen molar-refractivity contribution in [2.45, 2.75) is 45.6 Å². The fraction of sp³-hybridized carbons (Fsp3) is 0.611. The molecule has 0 aromatic carbocycles. The lowest BCUT2D eigenvalue weighted by Crippen LogP contribution is -2.45. The number of furan rings is 1. The van der Waals surface area contributed by atoms with Crippen molar-refractivity contribution in [2.75, 3.05) is 13.2 Å². The second-order valence-electron chi connectivity index (χ2n) is 6.59. The predicted octanol–water partition coefficient (Wildman–Crippen LogP) is 1.88. The zero-order valence-electron chi connectivity index (χ0n) is 14.7. The second-order valence-corrected chi connectivity index (χ2v) is 6.59. The van der Waals surface area contributed by atoms with Crippen LogP contribution in [0, 0.1) is 11.8 Å². The third-order valence-electron chi connectivity index (χ3n) is 4.78. The highest BCUT2D eigenvalue weighted by Gasteiger charge is 2.28. The van der Waals surface area contributed by atoms with Crippen LogP contribution in [0.2, 0.25) is 0 Å². The lowest BCUT2D eigenvalue weighted by molar-refractivity contribution is -0.148. The molecule has 2 amide bonds. The maximum Gasteiger partial charge on any atom is 0.308 e.